The third kappa shape index (κ3) is 4.24. The van der Waals surface area contributed by atoms with E-state index in [1.807, 2.05) is 48.5 Å². The summed E-state index contributed by atoms with van der Waals surface area (Å²) in [5.74, 6) is 2.31. The van der Waals surface area contributed by atoms with Gasteiger partial charge in [0.15, 0.2) is 11.5 Å². The van der Waals surface area contributed by atoms with Gasteiger partial charge in [-0.3, -0.25) is 0 Å². The van der Waals surface area contributed by atoms with Crippen molar-refractivity contribution < 1.29 is 14.2 Å². The van der Waals surface area contributed by atoms with E-state index in [0.717, 1.165) is 34.1 Å². The van der Waals surface area contributed by atoms with Crippen LogP contribution in [0.15, 0.2) is 60.7 Å². The van der Waals surface area contributed by atoms with Gasteiger partial charge in [0.2, 0.25) is 6.79 Å². The van der Waals surface area contributed by atoms with Crippen molar-refractivity contribution >= 4 is 28.9 Å². The zero-order valence-corrected chi connectivity index (χ0v) is 15.9. The van der Waals surface area contributed by atoms with Crippen molar-refractivity contribution in [3.8, 4) is 17.2 Å². The molecule has 4 rings (SSSR count). The molecule has 0 spiro atoms. The molecule has 0 aliphatic carbocycles. The number of benzene rings is 3. The van der Waals surface area contributed by atoms with E-state index in [0.29, 0.717) is 23.2 Å². The molecule has 0 fully saturated rings. The summed E-state index contributed by atoms with van der Waals surface area (Å²) in [4.78, 5) is 0. The van der Waals surface area contributed by atoms with Crippen LogP contribution in [-0.2, 0) is 13.2 Å². The monoisotopic (exact) mass is 401 g/mol. The van der Waals surface area contributed by atoms with Gasteiger partial charge in [0.1, 0.15) is 12.4 Å². The topological polar surface area (TPSA) is 39.7 Å². The molecule has 0 unspecified atom stereocenters. The maximum Gasteiger partial charge on any atom is 0.231 e. The Kier molecular flexibility index (Phi) is 5.28. The minimum Gasteiger partial charge on any atom is -0.489 e. The number of rotatable bonds is 6. The summed E-state index contributed by atoms with van der Waals surface area (Å²) in [6.45, 7) is 1.29. The Labute approximate surface area is 167 Å². The Morgan fingerprint density at radius 1 is 0.889 bits per heavy atom. The zero-order valence-electron chi connectivity index (χ0n) is 14.4. The van der Waals surface area contributed by atoms with Crippen molar-refractivity contribution in [2.75, 3.05) is 12.1 Å². The van der Waals surface area contributed by atoms with Crippen molar-refractivity contribution in [1.82, 2.24) is 0 Å². The van der Waals surface area contributed by atoms with Crippen molar-refractivity contribution in [2.24, 2.45) is 0 Å². The quantitative estimate of drug-likeness (QED) is 0.556. The molecule has 0 aromatic heterocycles. The molecule has 1 N–H and O–H groups in total. The number of halogens is 2. The van der Waals surface area contributed by atoms with Gasteiger partial charge in [-0.05, 0) is 42.0 Å². The third-order valence-corrected chi connectivity index (χ3v) is 4.95. The van der Waals surface area contributed by atoms with Crippen LogP contribution in [0.1, 0.15) is 11.1 Å². The lowest BCUT2D eigenvalue weighted by molar-refractivity contribution is 0.174. The van der Waals surface area contributed by atoms with Crippen LogP contribution in [0.25, 0.3) is 0 Å². The van der Waals surface area contributed by atoms with Crippen molar-refractivity contribution in [2.45, 2.75) is 13.2 Å². The smallest absolute Gasteiger partial charge is 0.231 e. The highest BCUT2D eigenvalue weighted by Gasteiger charge is 2.13. The van der Waals surface area contributed by atoms with E-state index in [2.05, 4.69) is 5.32 Å². The van der Waals surface area contributed by atoms with Crippen LogP contribution in [0.5, 0.6) is 17.2 Å². The average Bonchev–Trinajstić information content (AvgIpc) is 3.15. The second kappa shape index (κ2) is 7.99. The first-order chi connectivity index (χ1) is 13.2. The summed E-state index contributed by atoms with van der Waals surface area (Å²) in [6, 6.07) is 19.1. The van der Waals surface area contributed by atoms with E-state index in [9.17, 15) is 0 Å². The maximum atomic E-state index is 6.17. The fourth-order valence-corrected chi connectivity index (χ4v) is 3.25. The molecular formula is C21H17Cl2NO3. The lowest BCUT2D eigenvalue weighted by atomic mass is 10.2. The molecule has 1 aliphatic rings. The number of fused-ring (bicyclic) bond motifs is 1. The van der Waals surface area contributed by atoms with Crippen LogP contribution in [-0.4, -0.2) is 6.79 Å². The van der Waals surface area contributed by atoms with Gasteiger partial charge in [-0.25, -0.2) is 0 Å². The number of hydrogen-bond acceptors (Lipinski definition) is 4. The summed E-state index contributed by atoms with van der Waals surface area (Å²) < 4.78 is 16.5. The van der Waals surface area contributed by atoms with E-state index in [1.165, 1.54) is 0 Å². The molecule has 0 amide bonds. The molecular weight excluding hydrogens is 385 g/mol. The van der Waals surface area contributed by atoms with Gasteiger partial charge in [-0.1, -0.05) is 41.4 Å². The lowest BCUT2D eigenvalue weighted by Crippen LogP contribution is -2.00. The lowest BCUT2D eigenvalue weighted by Gasteiger charge is -2.11. The summed E-state index contributed by atoms with van der Waals surface area (Å²) >= 11 is 12.3. The molecule has 138 valence electrons. The molecule has 6 heteroatoms. The summed E-state index contributed by atoms with van der Waals surface area (Å²) in [5, 5.41) is 4.58. The highest BCUT2D eigenvalue weighted by Crippen LogP contribution is 2.34. The van der Waals surface area contributed by atoms with Gasteiger partial charge in [0.25, 0.3) is 0 Å². The van der Waals surface area contributed by atoms with Crippen LogP contribution in [0.4, 0.5) is 5.69 Å². The summed E-state index contributed by atoms with van der Waals surface area (Å²) in [6.07, 6.45) is 0. The van der Waals surface area contributed by atoms with Crippen LogP contribution >= 0.6 is 23.2 Å². The molecule has 0 radical (unpaired) electrons. The van der Waals surface area contributed by atoms with Crippen molar-refractivity contribution in [1.29, 1.82) is 0 Å². The Balaban J connectivity index is 1.33. The zero-order chi connectivity index (χ0) is 18.6. The Morgan fingerprint density at radius 2 is 1.63 bits per heavy atom. The second-order valence-corrected chi connectivity index (χ2v) is 6.87. The van der Waals surface area contributed by atoms with E-state index in [-0.39, 0.29) is 6.79 Å². The number of nitrogens with one attached hydrogen (secondary N) is 1. The highest BCUT2D eigenvalue weighted by molar-refractivity contribution is 6.35. The second-order valence-electron chi connectivity index (χ2n) is 6.05. The standard InChI is InChI=1S/C21H17Cl2NO3/c22-18-2-1-3-19(23)17(18)12-25-16-7-4-14(5-8-16)11-24-15-6-9-20-21(10-15)27-13-26-20/h1-10,24H,11-13H2. The van der Waals surface area contributed by atoms with Crippen LogP contribution in [0, 0.1) is 0 Å². The predicted molar refractivity (Wildman–Crippen MR) is 107 cm³/mol. The molecule has 0 saturated heterocycles. The highest BCUT2D eigenvalue weighted by atomic mass is 35.5. The van der Waals surface area contributed by atoms with E-state index in [4.69, 9.17) is 37.4 Å². The largest absolute Gasteiger partial charge is 0.489 e. The Morgan fingerprint density at radius 3 is 2.41 bits per heavy atom. The van der Waals surface area contributed by atoms with Gasteiger partial charge in [-0.2, -0.15) is 0 Å². The average molecular weight is 402 g/mol. The molecule has 1 heterocycles. The van der Waals surface area contributed by atoms with E-state index < -0.39 is 0 Å². The fourth-order valence-electron chi connectivity index (χ4n) is 2.74. The van der Waals surface area contributed by atoms with Crippen molar-refractivity contribution in [3.05, 3.63) is 81.8 Å². The molecule has 0 saturated carbocycles. The van der Waals surface area contributed by atoms with Crippen molar-refractivity contribution in [3.63, 3.8) is 0 Å². The molecule has 0 atom stereocenters. The van der Waals surface area contributed by atoms with Gasteiger partial charge in [-0.15, -0.1) is 0 Å². The molecule has 4 nitrogen and oxygen atoms in total. The summed E-state index contributed by atoms with van der Waals surface area (Å²) in [5.41, 5.74) is 2.90. The number of hydrogen-bond donors (Lipinski definition) is 1. The SMILES string of the molecule is Clc1cccc(Cl)c1COc1ccc(CNc2ccc3c(c2)OCO3)cc1. The first kappa shape index (κ1) is 17.8. The number of anilines is 1. The normalized spacial score (nSPS) is 12.1. The maximum absolute atomic E-state index is 6.17. The van der Waals surface area contributed by atoms with Gasteiger partial charge in [0.05, 0.1) is 0 Å². The molecule has 0 bridgehead atoms. The van der Waals surface area contributed by atoms with Gasteiger partial charge < -0.3 is 19.5 Å². The minimum absolute atomic E-state index is 0.277. The molecule has 3 aromatic rings. The van der Waals surface area contributed by atoms with Gasteiger partial charge in [0, 0.05) is 33.9 Å². The van der Waals surface area contributed by atoms with Crippen LogP contribution < -0.4 is 19.5 Å². The predicted octanol–water partition coefficient (Wildman–Crippen LogP) is 5.91. The Hall–Kier alpha value is -2.56. The number of ether oxygens (including phenoxy) is 3. The van der Waals surface area contributed by atoms with E-state index in [1.54, 1.807) is 12.1 Å². The molecule has 1 aliphatic heterocycles. The first-order valence-electron chi connectivity index (χ1n) is 8.47. The minimum atomic E-state index is 0.277. The summed E-state index contributed by atoms with van der Waals surface area (Å²) in [7, 11) is 0. The fraction of sp³-hybridized carbons (Fsp3) is 0.143. The third-order valence-electron chi connectivity index (χ3n) is 4.24. The van der Waals surface area contributed by atoms with Crippen LogP contribution in [0.2, 0.25) is 10.0 Å². The Bertz CT molecular complexity index is 924. The first-order valence-corrected chi connectivity index (χ1v) is 9.23. The van der Waals surface area contributed by atoms with E-state index >= 15 is 0 Å². The molecule has 27 heavy (non-hydrogen) atoms. The van der Waals surface area contributed by atoms with Crippen LogP contribution in [0.3, 0.4) is 0 Å². The van der Waals surface area contributed by atoms with Gasteiger partial charge >= 0.3 is 0 Å². The molecule has 3 aromatic carbocycles.